The molecule has 0 saturated carbocycles. The number of benzene rings is 1. The summed E-state index contributed by atoms with van der Waals surface area (Å²) in [6.07, 6.45) is 5.26. The second kappa shape index (κ2) is 6.83. The van der Waals surface area contributed by atoms with Crippen molar-refractivity contribution in [2.24, 2.45) is 0 Å². The SMILES string of the molecule is O=C(NCCn1ccc(-c2ccncc2)n1)c1ccccc1F. The number of nitrogens with one attached hydrogen (secondary N) is 1. The van der Waals surface area contributed by atoms with Crippen LogP contribution in [0.2, 0.25) is 0 Å². The van der Waals surface area contributed by atoms with Crippen LogP contribution >= 0.6 is 0 Å². The van der Waals surface area contributed by atoms with Gasteiger partial charge in [0.1, 0.15) is 5.82 Å². The Morgan fingerprint density at radius 3 is 2.70 bits per heavy atom. The maximum Gasteiger partial charge on any atom is 0.254 e. The smallest absolute Gasteiger partial charge is 0.254 e. The number of halogens is 1. The van der Waals surface area contributed by atoms with Crippen molar-refractivity contribution < 1.29 is 9.18 Å². The van der Waals surface area contributed by atoms with Crippen LogP contribution in [0.3, 0.4) is 0 Å². The molecule has 0 fully saturated rings. The van der Waals surface area contributed by atoms with E-state index in [4.69, 9.17) is 0 Å². The predicted molar refractivity (Wildman–Crippen MR) is 84.2 cm³/mol. The van der Waals surface area contributed by atoms with E-state index < -0.39 is 11.7 Å². The van der Waals surface area contributed by atoms with Gasteiger partial charge in [-0.15, -0.1) is 0 Å². The van der Waals surface area contributed by atoms with Crippen molar-refractivity contribution in [3.63, 3.8) is 0 Å². The number of nitrogens with zero attached hydrogens (tertiary/aromatic N) is 3. The molecule has 116 valence electrons. The topological polar surface area (TPSA) is 59.8 Å². The van der Waals surface area contributed by atoms with E-state index in [1.165, 1.54) is 12.1 Å². The zero-order valence-corrected chi connectivity index (χ0v) is 12.3. The molecule has 1 N–H and O–H groups in total. The van der Waals surface area contributed by atoms with Crippen LogP contribution in [-0.2, 0) is 6.54 Å². The summed E-state index contributed by atoms with van der Waals surface area (Å²) >= 11 is 0. The van der Waals surface area contributed by atoms with Gasteiger partial charge in [0.05, 0.1) is 17.8 Å². The van der Waals surface area contributed by atoms with Crippen molar-refractivity contribution in [1.29, 1.82) is 0 Å². The highest BCUT2D eigenvalue weighted by atomic mass is 19.1. The zero-order chi connectivity index (χ0) is 16.1. The molecule has 5 nitrogen and oxygen atoms in total. The Bertz CT molecular complexity index is 801. The van der Waals surface area contributed by atoms with Crippen molar-refractivity contribution in [3.05, 3.63) is 72.4 Å². The minimum Gasteiger partial charge on any atom is -0.350 e. The Hall–Kier alpha value is -3.02. The van der Waals surface area contributed by atoms with Crippen LogP contribution in [-0.4, -0.2) is 27.2 Å². The normalized spacial score (nSPS) is 10.5. The van der Waals surface area contributed by atoms with Crippen LogP contribution in [0, 0.1) is 5.82 Å². The number of amides is 1. The molecule has 2 aromatic heterocycles. The van der Waals surface area contributed by atoms with E-state index in [1.807, 2.05) is 24.4 Å². The molecule has 3 aromatic rings. The van der Waals surface area contributed by atoms with Crippen molar-refractivity contribution >= 4 is 5.91 Å². The molecule has 3 rings (SSSR count). The average Bonchev–Trinajstić information content (AvgIpc) is 3.05. The van der Waals surface area contributed by atoms with Crippen LogP contribution in [0.5, 0.6) is 0 Å². The average molecular weight is 310 g/mol. The largest absolute Gasteiger partial charge is 0.350 e. The monoisotopic (exact) mass is 310 g/mol. The van der Waals surface area contributed by atoms with Gasteiger partial charge in [0.15, 0.2) is 0 Å². The third kappa shape index (κ3) is 3.60. The second-order valence-electron chi connectivity index (χ2n) is 4.94. The molecule has 0 bridgehead atoms. The van der Waals surface area contributed by atoms with Crippen LogP contribution in [0.15, 0.2) is 61.1 Å². The van der Waals surface area contributed by atoms with Gasteiger partial charge in [-0.2, -0.15) is 5.10 Å². The highest BCUT2D eigenvalue weighted by molar-refractivity contribution is 5.94. The molecule has 2 heterocycles. The van der Waals surface area contributed by atoms with E-state index >= 15 is 0 Å². The molecule has 0 aliphatic carbocycles. The summed E-state index contributed by atoms with van der Waals surface area (Å²) in [5.41, 5.74) is 1.87. The molecule has 6 heteroatoms. The van der Waals surface area contributed by atoms with E-state index in [0.717, 1.165) is 11.3 Å². The van der Waals surface area contributed by atoms with Gasteiger partial charge >= 0.3 is 0 Å². The molecule has 0 spiro atoms. The van der Waals surface area contributed by atoms with Crippen LogP contribution in [0.25, 0.3) is 11.3 Å². The number of carbonyl (C=O) groups excluding carboxylic acids is 1. The highest BCUT2D eigenvalue weighted by Crippen LogP contribution is 2.14. The van der Waals surface area contributed by atoms with Gasteiger partial charge < -0.3 is 5.32 Å². The molecule has 0 saturated heterocycles. The fourth-order valence-corrected chi connectivity index (χ4v) is 2.19. The summed E-state index contributed by atoms with van der Waals surface area (Å²) in [6.45, 7) is 0.871. The van der Waals surface area contributed by atoms with E-state index in [-0.39, 0.29) is 5.56 Å². The van der Waals surface area contributed by atoms with Gasteiger partial charge in [-0.3, -0.25) is 14.5 Å². The number of pyridine rings is 1. The molecule has 1 amide bonds. The Kier molecular flexibility index (Phi) is 4.42. The Balaban J connectivity index is 1.56. The summed E-state index contributed by atoms with van der Waals surface area (Å²) in [6, 6.07) is 11.6. The van der Waals surface area contributed by atoms with E-state index in [9.17, 15) is 9.18 Å². The summed E-state index contributed by atoms with van der Waals surface area (Å²) in [5, 5.41) is 7.12. The minimum absolute atomic E-state index is 0.0467. The van der Waals surface area contributed by atoms with Gasteiger partial charge in [-0.05, 0) is 30.3 Å². The van der Waals surface area contributed by atoms with Crippen molar-refractivity contribution in [3.8, 4) is 11.3 Å². The van der Waals surface area contributed by atoms with Gasteiger partial charge in [-0.1, -0.05) is 12.1 Å². The highest BCUT2D eigenvalue weighted by Gasteiger charge is 2.10. The lowest BCUT2D eigenvalue weighted by atomic mass is 10.2. The van der Waals surface area contributed by atoms with Gasteiger partial charge in [0.2, 0.25) is 0 Å². The summed E-state index contributed by atoms with van der Waals surface area (Å²) in [7, 11) is 0. The molecule has 0 atom stereocenters. The van der Waals surface area contributed by atoms with Gasteiger partial charge in [0, 0.05) is 30.7 Å². The molecule has 0 aliphatic heterocycles. The first-order valence-corrected chi connectivity index (χ1v) is 7.20. The lowest BCUT2D eigenvalue weighted by Gasteiger charge is -2.06. The Morgan fingerprint density at radius 2 is 1.91 bits per heavy atom. The summed E-state index contributed by atoms with van der Waals surface area (Å²) in [5.74, 6) is -0.950. The minimum atomic E-state index is -0.524. The molecule has 23 heavy (non-hydrogen) atoms. The summed E-state index contributed by atoms with van der Waals surface area (Å²) in [4.78, 5) is 15.9. The molecule has 1 aromatic carbocycles. The Labute approximate surface area is 132 Å². The fraction of sp³-hybridized carbons (Fsp3) is 0.118. The number of hydrogen-bond donors (Lipinski definition) is 1. The quantitative estimate of drug-likeness (QED) is 0.788. The lowest BCUT2D eigenvalue weighted by Crippen LogP contribution is -2.28. The lowest BCUT2D eigenvalue weighted by molar-refractivity contribution is 0.0948. The number of carbonyl (C=O) groups is 1. The molecular formula is C17H15FN4O. The number of rotatable bonds is 5. The zero-order valence-electron chi connectivity index (χ0n) is 12.3. The first-order valence-electron chi connectivity index (χ1n) is 7.20. The fourth-order valence-electron chi connectivity index (χ4n) is 2.19. The van der Waals surface area contributed by atoms with Gasteiger partial charge in [0.25, 0.3) is 5.91 Å². The van der Waals surface area contributed by atoms with Crippen molar-refractivity contribution in [2.45, 2.75) is 6.54 Å². The van der Waals surface area contributed by atoms with Crippen LogP contribution < -0.4 is 5.32 Å². The first kappa shape index (κ1) is 14.9. The number of aromatic nitrogens is 3. The predicted octanol–water partition coefficient (Wildman–Crippen LogP) is 2.51. The molecule has 0 unspecified atom stereocenters. The first-order chi connectivity index (χ1) is 11.2. The van der Waals surface area contributed by atoms with Crippen molar-refractivity contribution in [1.82, 2.24) is 20.1 Å². The van der Waals surface area contributed by atoms with E-state index in [0.29, 0.717) is 13.1 Å². The third-order valence-electron chi connectivity index (χ3n) is 3.36. The van der Waals surface area contributed by atoms with Crippen molar-refractivity contribution in [2.75, 3.05) is 6.54 Å². The maximum atomic E-state index is 13.5. The number of hydrogen-bond acceptors (Lipinski definition) is 3. The van der Waals surface area contributed by atoms with E-state index in [1.54, 1.807) is 29.2 Å². The third-order valence-corrected chi connectivity index (χ3v) is 3.36. The standard InChI is InChI=1S/C17H15FN4O/c18-15-4-2-1-3-14(15)17(23)20-10-12-22-11-7-16(21-22)13-5-8-19-9-6-13/h1-9,11H,10,12H2,(H,20,23). The second-order valence-corrected chi connectivity index (χ2v) is 4.94. The summed E-state index contributed by atoms with van der Waals surface area (Å²) < 4.78 is 15.2. The van der Waals surface area contributed by atoms with Crippen LogP contribution in [0.4, 0.5) is 4.39 Å². The molecule has 0 aliphatic rings. The Morgan fingerprint density at radius 1 is 1.13 bits per heavy atom. The molecular weight excluding hydrogens is 295 g/mol. The van der Waals surface area contributed by atoms with Crippen LogP contribution in [0.1, 0.15) is 10.4 Å². The van der Waals surface area contributed by atoms with Gasteiger partial charge in [-0.25, -0.2) is 4.39 Å². The van der Waals surface area contributed by atoms with E-state index in [2.05, 4.69) is 15.4 Å². The maximum absolute atomic E-state index is 13.5. The molecule has 0 radical (unpaired) electrons.